The van der Waals surface area contributed by atoms with Crippen LogP contribution in [0.2, 0.25) is 0 Å². The van der Waals surface area contributed by atoms with Gasteiger partial charge >= 0.3 is 0 Å². The van der Waals surface area contributed by atoms with Gasteiger partial charge < -0.3 is 9.64 Å². The highest BCUT2D eigenvalue weighted by Gasteiger charge is 2.26. The zero-order chi connectivity index (χ0) is 31.4. The quantitative estimate of drug-likeness (QED) is 0.172. The van der Waals surface area contributed by atoms with Crippen molar-refractivity contribution >= 4 is 17.2 Å². The molecule has 0 aliphatic carbocycles. The van der Waals surface area contributed by atoms with Crippen LogP contribution in [0.5, 0.6) is 11.5 Å². The third kappa shape index (κ3) is 5.88. The fourth-order valence-corrected chi connectivity index (χ4v) is 5.83. The average Bonchev–Trinajstić information content (AvgIpc) is 3.80. The van der Waals surface area contributed by atoms with Crippen LogP contribution in [-0.2, 0) is 0 Å². The molecular formula is C41H31N5O. The SMILES string of the molecule is c1ccc(C2=NN(c3cccc(Oc4cccc(-n5cc(-c6ccccc6)c(-c6ccccc6)n5)c4)c3)CN2c2ccccc2)cc1. The minimum Gasteiger partial charge on any atom is -0.457 e. The van der Waals surface area contributed by atoms with Crippen LogP contribution >= 0.6 is 0 Å². The van der Waals surface area contributed by atoms with Gasteiger partial charge in [0.15, 0.2) is 5.84 Å². The standard InChI is InChI=1S/C41H31N5O/c1-5-15-31(16-6-1)39-29-45(42-40(39)32-17-7-2-8-18-32)35-23-13-25-37(27-35)47-38-26-14-24-36(28-38)46-30-44(34-21-11-4-12-22-34)41(43-46)33-19-9-3-10-20-33/h1-29H,30H2. The van der Waals surface area contributed by atoms with E-state index in [0.29, 0.717) is 6.67 Å². The highest BCUT2D eigenvalue weighted by atomic mass is 16.5. The lowest BCUT2D eigenvalue weighted by molar-refractivity contribution is 0.482. The third-order valence-corrected chi connectivity index (χ3v) is 8.13. The smallest absolute Gasteiger partial charge is 0.162 e. The van der Waals surface area contributed by atoms with Crippen LogP contribution in [0.15, 0.2) is 181 Å². The Morgan fingerprint density at radius 3 is 1.68 bits per heavy atom. The minimum atomic E-state index is 0.583. The maximum absolute atomic E-state index is 6.44. The molecule has 0 unspecified atom stereocenters. The van der Waals surface area contributed by atoms with Crippen LogP contribution in [0.25, 0.3) is 28.1 Å². The molecule has 6 heteroatoms. The molecule has 2 heterocycles. The zero-order valence-electron chi connectivity index (χ0n) is 25.6. The summed E-state index contributed by atoms with van der Waals surface area (Å²) < 4.78 is 8.37. The number of amidine groups is 1. The van der Waals surface area contributed by atoms with Gasteiger partial charge in [-0.05, 0) is 42.0 Å². The second-order valence-electron chi connectivity index (χ2n) is 11.3. The van der Waals surface area contributed by atoms with Gasteiger partial charge in [0.2, 0.25) is 0 Å². The Labute approximate surface area is 274 Å². The number of para-hydroxylation sites is 1. The molecule has 1 aliphatic rings. The van der Waals surface area contributed by atoms with Gasteiger partial charge in [-0.25, -0.2) is 9.69 Å². The molecule has 0 N–H and O–H groups in total. The molecule has 0 fully saturated rings. The van der Waals surface area contributed by atoms with E-state index >= 15 is 0 Å². The number of aromatic nitrogens is 2. The van der Waals surface area contributed by atoms with Gasteiger partial charge in [0.1, 0.15) is 23.9 Å². The highest BCUT2D eigenvalue weighted by Crippen LogP contribution is 2.34. The molecule has 0 saturated heterocycles. The second kappa shape index (κ2) is 12.5. The van der Waals surface area contributed by atoms with Crippen molar-refractivity contribution < 1.29 is 4.74 Å². The van der Waals surface area contributed by atoms with Crippen molar-refractivity contribution in [3.05, 3.63) is 182 Å². The summed E-state index contributed by atoms with van der Waals surface area (Å²) >= 11 is 0. The van der Waals surface area contributed by atoms with Gasteiger partial charge in [-0.3, -0.25) is 0 Å². The molecule has 47 heavy (non-hydrogen) atoms. The summed E-state index contributed by atoms with van der Waals surface area (Å²) in [7, 11) is 0. The molecule has 8 rings (SSSR count). The molecule has 1 aromatic heterocycles. The van der Waals surface area contributed by atoms with Crippen LogP contribution in [-0.4, -0.2) is 22.3 Å². The van der Waals surface area contributed by atoms with E-state index in [1.807, 2.05) is 101 Å². The molecule has 7 aromatic rings. The van der Waals surface area contributed by atoms with E-state index in [1.54, 1.807) is 0 Å². The first-order valence-corrected chi connectivity index (χ1v) is 15.6. The Hall–Kier alpha value is -6.40. The Balaban J connectivity index is 1.08. The molecule has 0 amide bonds. The topological polar surface area (TPSA) is 45.9 Å². The van der Waals surface area contributed by atoms with Gasteiger partial charge in [-0.1, -0.05) is 121 Å². The Bertz CT molecular complexity index is 2090. The molecule has 0 radical (unpaired) electrons. The summed E-state index contributed by atoms with van der Waals surface area (Å²) in [6.07, 6.45) is 2.09. The molecule has 1 aliphatic heterocycles. The van der Waals surface area contributed by atoms with Crippen molar-refractivity contribution in [3.8, 4) is 39.6 Å². The maximum Gasteiger partial charge on any atom is 0.162 e. The Morgan fingerprint density at radius 1 is 0.489 bits per heavy atom. The summed E-state index contributed by atoms with van der Waals surface area (Å²) in [5.41, 5.74) is 8.19. The fraction of sp³-hybridized carbons (Fsp3) is 0.0244. The van der Waals surface area contributed by atoms with Crippen molar-refractivity contribution in [2.45, 2.75) is 0 Å². The van der Waals surface area contributed by atoms with Gasteiger partial charge in [0, 0.05) is 40.7 Å². The number of rotatable bonds is 8. The van der Waals surface area contributed by atoms with E-state index in [9.17, 15) is 0 Å². The maximum atomic E-state index is 6.44. The van der Waals surface area contributed by atoms with Gasteiger partial charge in [-0.15, -0.1) is 0 Å². The lowest BCUT2D eigenvalue weighted by Crippen LogP contribution is -2.31. The normalized spacial score (nSPS) is 12.6. The molecule has 0 saturated carbocycles. The van der Waals surface area contributed by atoms with Gasteiger partial charge in [0.25, 0.3) is 0 Å². The minimum absolute atomic E-state index is 0.583. The van der Waals surface area contributed by atoms with Gasteiger partial charge in [0.05, 0.1) is 11.4 Å². The van der Waals surface area contributed by atoms with Crippen LogP contribution in [0.3, 0.4) is 0 Å². The largest absolute Gasteiger partial charge is 0.457 e. The molecule has 226 valence electrons. The average molecular weight is 610 g/mol. The second-order valence-corrected chi connectivity index (χ2v) is 11.3. The first-order chi connectivity index (χ1) is 23.3. The Morgan fingerprint density at radius 2 is 1.02 bits per heavy atom. The Kier molecular flexibility index (Phi) is 7.50. The lowest BCUT2D eigenvalue weighted by atomic mass is 10.0. The number of benzene rings is 6. The van der Waals surface area contributed by atoms with E-state index in [4.69, 9.17) is 14.9 Å². The van der Waals surface area contributed by atoms with Crippen LogP contribution < -0.4 is 14.6 Å². The number of hydrogen-bond acceptors (Lipinski definition) is 5. The van der Waals surface area contributed by atoms with E-state index in [-0.39, 0.29) is 0 Å². The summed E-state index contributed by atoms with van der Waals surface area (Å²) in [6.45, 7) is 0.583. The number of nitrogens with zero attached hydrogens (tertiary/aromatic N) is 5. The number of ether oxygens (including phenoxy) is 1. The van der Waals surface area contributed by atoms with Crippen molar-refractivity contribution in [1.82, 2.24) is 9.78 Å². The van der Waals surface area contributed by atoms with Crippen molar-refractivity contribution in [2.24, 2.45) is 5.10 Å². The summed E-state index contributed by atoms with van der Waals surface area (Å²) in [5.74, 6) is 2.35. The van der Waals surface area contributed by atoms with Crippen LogP contribution in [0.1, 0.15) is 5.56 Å². The van der Waals surface area contributed by atoms with Crippen LogP contribution in [0.4, 0.5) is 11.4 Å². The predicted octanol–water partition coefficient (Wildman–Crippen LogP) is 9.64. The first kappa shape index (κ1) is 28.1. The molecular weight excluding hydrogens is 578 g/mol. The fourth-order valence-electron chi connectivity index (χ4n) is 5.83. The number of hydrogen-bond donors (Lipinski definition) is 0. The van der Waals surface area contributed by atoms with Crippen molar-refractivity contribution in [3.63, 3.8) is 0 Å². The van der Waals surface area contributed by atoms with E-state index in [2.05, 4.69) is 90.0 Å². The summed E-state index contributed by atoms with van der Waals surface area (Å²) in [5, 5.41) is 12.1. The van der Waals surface area contributed by atoms with Crippen molar-refractivity contribution in [2.75, 3.05) is 16.6 Å². The summed E-state index contributed by atoms with van der Waals surface area (Å²) in [6, 6.07) is 57.4. The zero-order valence-corrected chi connectivity index (χ0v) is 25.6. The number of anilines is 2. The highest BCUT2D eigenvalue weighted by molar-refractivity contribution is 6.12. The van der Waals surface area contributed by atoms with Crippen LogP contribution in [0, 0.1) is 0 Å². The molecule has 6 aromatic carbocycles. The monoisotopic (exact) mass is 609 g/mol. The lowest BCUT2D eigenvalue weighted by Gasteiger charge is -2.22. The van der Waals surface area contributed by atoms with E-state index in [1.165, 1.54) is 0 Å². The van der Waals surface area contributed by atoms with E-state index < -0.39 is 0 Å². The van der Waals surface area contributed by atoms with E-state index in [0.717, 1.165) is 62.3 Å². The molecule has 0 atom stereocenters. The molecule has 0 bridgehead atoms. The summed E-state index contributed by atoms with van der Waals surface area (Å²) in [4.78, 5) is 2.23. The van der Waals surface area contributed by atoms with Gasteiger partial charge in [-0.2, -0.15) is 10.2 Å². The molecule has 6 nitrogen and oxygen atoms in total. The van der Waals surface area contributed by atoms with Crippen molar-refractivity contribution in [1.29, 1.82) is 0 Å². The number of hydrazone groups is 1. The third-order valence-electron chi connectivity index (χ3n) is 8.13. The first-order valence-electron chi connectivity index (χ1n) is 15.6. The molecule has 0 spiro atoms. The predicted molar refractivity (Wildman–Crippen MR) is 190 cm³/mol.